The van der Waals surface area contributed by atoms with Gasteiger partial charge in [-0.05, 0) is 53.0 Å². The van der Waals surface area contributed by atoms with E-state index in [9.17, 15) is 9.59 Å². The number of ether oxygens (including phenoxy) is 1. The van der Waals surface area contributed by atoms with Crippen LogP contribution in [0.1, 0.15) is 27.2 Å². The first-order valence-electron chi connectivity index (χ1n) is 8.25. The van der Waals surface area contributed by atoms with E-state index in [0.29, 0.717) is 18.0 Å². The molecule has 0 saturated carbocycles. The molecular weight excluding hydrogens is 306 g/mol. The molecule has 0 aliphatic heterocycles. The minimum absolute atomic E-state index is 0.0165. The summed E-state index contributed by atoms with van der Waals surface area (Å²) < 4.78 is 5.69. The van der Waals surface area contributed by atoms with Gasteiger partial charge in [-0.1, -0.05) is 12.1 Å². The van der Waals surface area contributed by atoms with Crippen LogP contribution in [0.4, 0.5) is 5.69 Å². The van der Waals surface area contributed by atoms with Crippen LogP contribution >= 0.6 is 0 Å². The van der Waals surface area contributed by atoms with Crippen molar-refractivity contribution >= 4 is 17.5 Å². The summed E-state index contributed by atoms with van der Waals surface area (Å²) >= 11 is 0. The molecule has 1 aromatic rings. The van der Waals surface area contributed by atoms with Gasteiger partial charge in [-0.2, -0.15) is 0 Å². The first kappa shape index (κ1) is 20.0. The van der Waals surface area contributed by atoms with E-state index in [4.69, 9.17) is 4.74 Å². The van der Waals surface area contributed by atoms with E-state index in [-0.39, 0.29) is 24.5 Å². The fraction of sp³-hybridized carbons (Fsp3) is 0.556. The molecule has 24 heavy (non-hydrogen) atoms. The number of benzene rings is 1. The monoisotopic (exact) mass is 335 g/mol. The van der Waals surface area contributed by atoms with Gasteiger partial charge in [0, 0.05) is 13.5 Å². The predicted molar refractivity (Wildman–Crippen MR) is 96.3 cm³/mol. The third-order valence-corrected chi connectivity index (χ3v) is 3.34. The van der Waals surface area contributed by atoms with Crippen molar-refractivity contribution < 1.29 is 14.3 Å². The Balaban J connectivity index is 2.64. The molecule has 6 heteroatoms. The third kappa shape index (κ3) is 7.46. The second kappa shape index (κ2) is 9.93. The van der Waals surface area contributed by atoms with E-state index in [1.165, 1.54) is 6.92 Å². The fourth-order valence-electron chi connectivity index (χ4n) is 2.22. The first-order chi connectivity index (χ1) is 11.3. The van der Waals surface area contributed by atoms with Crippen LogP contribution in [-0.4, -0.2) is 61.4 Å². The zero-order valence-corrected chi connectivity index (χ0v) is 15.3. The minimum atomic E-state index is -0.227. The maximum atomic E-state index is 12.3. The van der Waals surface area contributed by atoms with E-state index in [2.05, 4.69) is 10.2 Å². The Hall–Kier alpha value is -2.08. The van der Waals surface area contributed by atoms with Crippen LogP contribution in [0, 0.1) is 0 Å². The summed E-state index contributed by atoms with van der Waals surface area (Å²) in [5.41, 5.74) is 0.619. The number of hydrogen-bond donors (Lipinski definition) is 1. The predicted octanol–water partition coefficient (Wildman–Crippen LogP) is 2.21. The summed E-state index contributed by atoms with van der Waals surface area (Å²) in [6.45, 7) is 6.82. The van der Waals surface area contributed by atoms with Crippen molar-refractivity contribution in [2.75, 3.05) is 39.0 Å². The van der Waals surface area contributed by atoms with Crippen molar-refractivity contribution in [2.45, 2.75) is 33.3 Å². The lowest BCUT2D eigenvalue weighted by Gasteiger charge is -2.22. The van der Waals surface area contributed by atoms with Crippen LogP contribution in [0.25, 0.3) is 0 Å². The van der Waals surface area contributed by atoms with E-state index < -0.39 is 0 Å². The average Bonchev–Trinajstić information content (AvgIpc) is 2.47. The molecule has 0 aliphatic carbocycles. The van der Waals surface area contributed by atoms with Crippen LogP contribution in [0.5, 0.6) is 5.75 Å². The number of nitrogens with one attached hydrogen (secondary N) is 1. The molecule has 0 aliphatic rings. The van der Waals surface area contributed by atoms with Gasteiger partial charge in [0.15, 0.2) is 0 Å². The molecule has 0 aromatic heterocycles. The van der Waals surface area contributed by atoms with E-state index in [1.54, 1.807) is 11.0 Å². The normalized spacial score (nSPS) is 10.8. The molecule has 0 unspecified atom stereocenters. The fourth-order valence-corrected chi connectivity index (χ4v) is 2.22. The van der Waals surface area contributed by atoms with Gasteiger partial charge in [0.2, 0.25) is 11.8 Å². The van der Waals surface area contributed by atoms with Gasteiger partial charge in [0.05, 0.1) is 18.3 Å². The summed E-state index contributed by atoms with van der Waals surface area (Å²) in [6, 6.07) is 7.30. The minimum Gasteiger partial charge on any atom is -0.489 e. The van der Waals surface area contributed by atoms with Gasteiger partial charge in [-0.25, -0.2) is 0 Å². The maximum Gasteiger partial charge on any atom is 0.244 e. The lowest BCUT2D eigenvalue weighted by atomic mass is 10.2. The summed E-state index contributed by atoms with van der Waals surface area (Å²) in [6.07, 6.45) is 0.843. The Bertz CT molecular complexity index is 544. The second-order valence-electron chi connectivity index (χ2n) is 6.31. The zero-order valence-electron chi connectivity index (χ0n) is 15.3. The number of carbonyl (C=O) groups is 2. The molecule has 1 rings (SSSR count). The number of nitrogens with zero attached hydrogens (tertiary/aromatic N) is 2. The molecule has 134 valence electrons. The van der Waals surface area contributed by atoms with Gasteiger partial charge in [0.1, 0.15) is 5.75 Å². The van der Waals surface area contributed by atoms with Crippen LogP contribution < -0.4 is 10.1 Å². The molecular formula is C18H29N3O3. The lowest BCUT2D eigenvalue weighted by Crippen LogP contribution is -2.38. The SMILES string of the molecule is CC(=O)N(CCCN(C)C)CC(=O)Nc1ccccc1OC(C)C. The molecule has 1 aromatic carbocycles. The molecule has 6 nitrogen and oxygen atoms in total. The van der Waals surface area contributed by atoms with E-state index in [1.807, 2.05) is 46.1 Å². The Morgan fingerprint density at radius 3 is 2.42 bits per heavy atom. The molecule has 0 atom stereocenters. The second-order valence-corrected chi connectivity index (χ2v) is 6.31. The average molecular weight is 335 g/mol. The van der Waals surface area contributed by atoms with Crippen molar-refractivity contribution in [1.82, 2.24) is 9.80 Å². The summed E-state index contributed by atoms with van der Waals surface area (Å²) in [5.74, 6) is 0.299. The smallest absolute Gasteiger partial charge is 0.244 e. The van der Waals surface area contributed by atoms with Crippen molar-refractivity contribution in [1.29, 1.82) is 0 Å². The molecule has 0 saturated heterocycles. The van der Waals surface area contributed by atoms with Crippen LogP contribution in [-0.2, 0) is 9.59 Å². The van der Waals surface area contributed by atoms with Gasteiger partial charge in [-0.3, -0.25) is 9.59 Å². The molecule has 0 fully saturated rings. The maximum absolute atomic E-state index is 12.3. The quantitative estimate of drug-likeness (QED) is 0.752. The van der Waals surface area contributed by atoms with Gasteiger partial charge < -0.3 is 19.9 Å². The Morgan fingerprint density at radius 1 is 1.17 bits per heavy atom. The molecule has 2 amide bonds. The molecule has 1 N–H and O–H groups in total. The standard InChI is InChI=1S/C18H29N3O3/c1-14(2)24-17-10-7-6-9-16(17)19-18(23)13-21(15(3)22)12-8-11-20(4)5/h6-7,9-10,14H,8,11-13H2,1-5H3,(H,19,23). The molecule has 0 heterocycles. The highest BCUT2D eigenvalue weighted by atomic mass is 16.5. The number of rotatable bonds is 9. The van der Waals surface area contributed by atoms with Crippen molar-refractivity contribution in [3.05, 3.63) is 24.3 Å². The summed E-state index contributed by atoms with van der Waals surface area (Å²) in [5, 5.41) is 2.83. The number of carbonyl (C=O) groups excluding carboxylic acids is 2. The Kier molecular flexibility index (Phi) is 8.26. The topological polar surface area (TPSA) is 61.9 Å². The molecule has 0 radical (unpaired) electrons. The highest BCUT2D eigenvalue weighted by molar-refractivity contribution is 5.95. The molecule has 0 spiro atoms. The Labute approximate surface area is 144 Å². The highest BCUT2D eigenvalue weighted by Gasteiger charge is 2.15. The Morgan fingerprint density at radius 2 is 1.83 bits per heavy atom. The van der Waals surface area contributed by atoms with Gasteiger partial charge >= 0.3 is 0 Å². The van der Waals surface area contributed by atoms with Gasteiger partial charge in [-0.15, -0.1) is 0 Å². The van der Waals surface area contributed by atoms with Crippen molar-refractivity contribution in [3.63, 3.8) is 0 Å². The van der Waals surface area contributed by atoms with E-state index >= 15 is 0 Å². The number of amides is 2. The highest BCUT2D eigenvalue weighted by Crippen LogP contribution is 2.24. The van der Waals surface area contributed by atoms with E-state index in [0.717, 1.165) is 13.0 Å². The van der Waals surface area contributed by atoms with Crippen molar-refractivity contribution in [2.24, 2.45) is 0 Å². The first-order valence-corrected chi connectivity index (χ1v) is 8.25. The van der Waals surface area contributed by atoms with Crippen LogP contribution in [0.3, 0.4) is 0 Å². The lowest BCUT2D eigenvalue weighted by molar-refractivity contribution is -0.132. The van der Waals surface area contributed by atoms with Gasteiger partial charge in [0.25, 0.3) is 0 Å². The number of anilines is 1. The summed E-state index contributed by atoms with van der Waals surface area (Å²) in [7, 11) is 3.97. The molecule has 0 bridgehead atoms. The van der Waals surface area contributed by atoms with Crippen molar-refractivity contribution in [3.8, 4) is 5.75 Å². The largest absolute Gasteiger partial charge is 0.489 e. The summed E-state index contributed by atoms with van der Waals surface area (Å²) in [4.78, 5) is 27.6. The number of para-hydroxylation sites is 2. The zero-order chi connectivity index (χ0) is 18.1. The third-order valence-electron chi connectivity index (χ3n) is 3.34. The van der Waals surface area contributed by atoms with Crippen LogP contribution in [0.15, 0.2) is 24.3 Å². The van der Waals surface area contributed by atoms with Crippen LogP contribution in [0.2, 0.25) is 0 Å². The number of hydrogen-bond acceptors (Lipinski definition) is 4.